The molecular weight excluding hydrogens is 389 g/mol. The van der Waals surface area contributed by atoms with Crippen LogP contribution in [0, 0.1) is 5.82 Å². The Labute approximate surface area is 165 Å². The Hall–Kier alpha value is -2.81. The fourth-order valence-corrected chi connectivity index (χ4v) is 3.53. The number of aromatic nitrogens is 2. The molecule has 1 aromatic heterocycles. The molecule has 1 unspecified atom stereocenters. The van der Waals surface area contributed by atoms with Gasteiger partial charge in [-0.15, -0.1) is 0 Å². The Balaban J connectivity index is 1.50. The van der Waals surface area contributed by atoms with Crippen LogP contribution in [-0.4, -0.2) is 45.3 Å². The molecule has 3 amide bonds. The maximum Gasteiger partial charge on any atom is 0.322 e. The molecule has 10 heteroatoms. The standard InChI is InChI=1S/C18H19ClFN5O3/c1-10-8-25-14(16(7-22-25)28-15-4-5-21-17(15)26)9-24(10)18(27)23-11-2-3-13(20)12(19)6-11/h2-3,6-7,10,15H,4-5,8-9H2,1H3,(H,21,26)(H,23,27)/t10-,15?/m0/s1. The molecule has 2 atom stereocenters. The first-order valence-corrected chi connectivity index (χ1v) is 9.32. The number of halogens is 2. The second kappa shape index (κ2) is 7.31. The number of ether oxygens (including phenoxy) is 1. The molecular formula is C18H19ClFN5O3. The van der Waals surface area contributed by atoms with E-state index >= 15 is 0 Å². The zero-order chi connectivity index (χ0) is 19.8. The van der Waals surface area contributed by atoms with Crippen LogP contribution < -0.4 is 15.4 Å². The first-order valence-electron chi connectivity index (χ1n) is 8.94. The lowest BCUT2D eigenvalue weighted by Crippen LogP contribution is -2.47. The van der Waals surface area contributed by atoms with E-state index < -0.39 is 11.9 Å². The number of nitrogens with zero attached hydrogens (tertiary/aromatic N) is 3. The number of hydrogen-bond donors (Lipinski definition) is 2. The molecule has 1 saturated heterocycles. The van der Waals surface area contributed by atoms with E-state index in [0.29, 0.717) is 30.9 Å². The Bertz CT molecular complexity index is 934. The zero-order valence-corrected chi connectivity index (χ0v) is 15.9. The van der Waals surface area contributed by atoms with Gasteiger partial charge in [0.2, 0.25) is 0 Å². The summed E-state index contributed by atoms with van der Waals surface area (Å²) in [5.74, 6) is -0.198. The summed E-state index contributed by atoms with van der Waals surface area (Å²) in [5.41, 5.74) is 1.13. The lowest BCUT2D eigenvalue weighted by Gasteiger charge is -2.34. The molecule has 0 bridgehead atoms. The van der Waals surface area contributed by atoms with Gasteiger partial charge in [-0.05, 0) is 25.1 Å². The van der Waals surface area contributed by atoms with E-state index in [4.69, 9.17) is 16.3 Å². The number of rotatable bonds is 3. The number of urea groups is 1. The second-order valence-electron chi connectivity index (χ2n) is 6.86. The molecule has 2 aromatic rings. The summed E-state index contributed by atoms with van der Waals surface area (Å²) in [4.78, 5) is 26.2. The lowest BCUT2D eigenvalue weighted by atomic mass is 10.2. The van der Waals surface area contributed by atoms with Crippen LogP contribution >= 0.6 is 11.6 Å². The quantitative estimate of drug-likeness (QED) is 0.817. The number of hydrogen-bond acceptors (Lipinski definition) is 4. The van der Waals surface area contributed by atoms with Crippen molar-refractivity contribution in [2.75, 3.05) is 11.9 Å². The Morgan fingerprint density at radius 3 is 3.00 bits per heavy atom. The topological polar surface area (TPSA) is 88.5 Å². The van der Waals surface area contributed by atoms with E-state index in [1.54, 1.807) is 15.8 Å². The average molecular weight is 408 g/mol. The van der Waals surface area contributed by atoms with Gasteiger partial charge in [0.05, 0.1) is 36.0 Å². The van der Waals surface area contributed by atoms with Crippen molar-refractivity contribution in [1.82, 2.24) is 20.0 Å². The second-order valence-corrected chi connectivity index (χ2v) is 7.27. The van der Waals surface area contributed by atoms with Crippen molar-refractivity contribution in [3.05, 3.63) is 40.9 Å². The minimum atomic E-state index is -0.548. The van der Waals surface area contributed by atoms with Crippen molar-refractivity contribution in [3.8, 4) is 5.75 Å². The maximum atomic E-state index is 13.3. The minimum Gasteiger partial charge on any atom is -0.477 e. The summed E-state index contributed by atoms with van der Waals surface area (Å²) in [5, 5.41) is 9.72. The molecule has 0 radical (unpaired) electrons. The molecule has 4 rings (SSSR count). The third-order valence-corrected chi connectivity index (χ3v) is 5.19. The van der Waals surface area contributed by atoms with Crippen molar-refractivity contribution in [1.29, 1.82) is 0 Å². The SMILES string of the molecule is C[C@H]1Cn2ncc(OC3CCNC3=O)c2CN1C(=O)Nc1ccc(F)c(Cl)c1. The van der Waals surface area contributed by atoms with E-state index in [1.165, 1.54) is 18.2 Å². The zero-order valence-electron chi connectivity index (χ0n) is 15.1. The number of benzene rings is 1. The van der Waals surface area contributed by atoms with Crippen molar-refractivity contribution < 1.29 is 18.7 Å². The monoisotopic (exact) mass is 407 g/mol. The van der Waals surface area contributed by atoms with Gasteiger partial charge in [0.25, 0.3) is 5.91 Å². The molecule has 28 heavy (non-hydrogen) atoms. The van der Waals surface area contributed by atoms with Crippen molar-refractivity contribution in [2.24, 2.45) is 0 Å². The molecule has 0 saturated carbocycles. The third kappa shape index (κ3) is 3.49. The summed E-state index contributed by atoms with van der Waals surface area (Å²) in [6.07, 6.45) is 1.63. The van der Waals surface area contributed by atoms with Gasteiger partial charge in [0.15, 0.2) is 11.9 Å². The molecule has 0 aliphatic carbocycles. The van der Waals surface area contributed by atoms with Crippen LogP contribution in [0.1, 0.15) is 19.0 Å². The number of nitrogens with one attached hydrogen (secondary N) is 2. The molecule has 1 fully saturated rings. The molecule has 2 aliphatic rings. The summed E-state index contributed by atoms with van der Waals surface area (Å²) in [6.45, 7) is 3.25. The van der Waals surface area contributed by atoms with Gasteiger partial charge in [-0.2, -0.15) is 5.10 Å². The largest absolute Gasteiger partial charge is 0.477 e. The van der Waals surface area contributed by atoms with E-state index in [9.17, 15) is 14.0 Å². The lowest BCUT2D eigenvalue weighted by molar-refractivity contribution is -0.124. The molecule has 3 heterocycles. The maximum absolute atomic E-state index is 13.3. The first kappa shape index (κ1) is 18.5. The van der Waals surface area contributed by atoms with Crippen molar-refractivity contribution in [3.63, 3.8) is 0 Å². The highest BCUT2D eigenvalue weighted by Crippen LogP contribution is 2.28. The number of carbonyl (C=O) groups excluding carboxylic acids is 2. The normalized spacial score (nSPS) is 21.2. The molecule has 0 spiro atoms. The third-order valence-electron chi connectivity index (χ3n) is 4.90. The fourth-order valence-electron chi connectivity index (χ4n) is 3.35. The summed E-state index contributed by atoms with van der Waals surface area (Å²) in [6, 6.07) is 3.55. The van der Waals surface area contributed by atoms with E-state index in [-0.39, 0.29) is 29.5 Å². The van der Waals surface area contributed by atoms with Crippen LogP contribution in [0.2, 0.25) is 5.02 Å². The number of carbonyl (C=O) groups is 2. The van der Waals surface area contributed by atoms with Gasteiger partial charge in [0.1, 0.15) is 5.82 Å². The van der Waals surface area contributed by atoms with Gasteiger partial charge in [-0.25, -0.2) is 9.18 Å². The van der Waals surface area contributed by atoms with Crippen molar-refractivity contribution >= 4 is 29.2 Å². The first-order chi connectivity index (χ1) is 13.4. The van der Waals surface area contributed by atoms with Crippen LogP contribution in [0.3, 0.4) is 0 Å². The fraction of sp³-hybridized carbons (Fsp3) is 0.389. The Morgan fingerprint density at radius 2 is 2.29 bits per heavy atom. The highest BCUT2D eigenvalue weighted by molar-refractivity contribution is 6.31. The smallest absolute Gasteiger partial charge is 0.322 e. The van der Waals surface area contributed by atoms with Gasteiger partial charge in [0, 0.05) is 18.7 Å². The molecule has 2 N–H and O–H groups in total. The van der Waals surface area contributed by atoms with Gasteiger partial charge < -0.3 is 20.3 Å². The Kier molecular flexibility index (Phi) is 4.84. The van der Waals surface area contributed by atoms with Gasteiger partial charge in [-0.3, -0.25) is 9.48 Å². The van der Waals surface area contributed by atoms with Crippen LogP contribution in [0.25, 0.3) is 0 Å². The van der Waals surface area contributed by atoms with Crippen LogP contribution in [0.4, 0.5) is 14.9 Å². The summed E-state index contributed by atoms with van der Waals surface area (Å²) in [7, 11) is 0. The van der Waals surface area contributed by atoms with Gasteiger partial charge in [-0.1, -0.05) is 11.6 Å². The van der Waals surface area contributed by atoms with Crippen LogP contribution in [-0.2, 0) is 17.9 Å². The predicted molar refractivity (Wildman–Crippen MR) is 99.7 cm³/mol. The van der Waals surface area contributed by atoms with Crippen LogP contribution in [0.15, 0.2) is 24.4 Å². The number of amides is 3. The predicted octanol–water partition coefficient (Wildman–Crippen LogP) is 2.38. The average Bonchev–Trinajstić information content (AvgIpc) is 3.24. The molecule has 1 aromatic carbocycles. The van der Waals surface area contributed by atoms with E-state index in [2.05, 4.69) is 15.7 Å². The highest BCUT2D eigenvalue weighted by atomic mass is 35.5. The number of anilines is 1. The molecule has 2 aliphatic heterocycles. The van der Waals surface area contributed by atoms with Gasteiger partial charge >= 0.3 is 6.03 Å². The summed E-state index contributed by atoms with van der Waals surface area (Å²) < 4.78 is 20.9. The number of fused-ring (bicyclic) bond motifs is 1. The van der Waals surface area contributed by atoms with Crippen molar-refractivity contribution in [2.45, 2.75) is 38.6 Å². The van der Waals surface area contributed by atoms with E-state index in [1.807, 2.05) is 6.92 Å². The Morgan fingerprint density at radius 1 is 1.46 bits per heavy atom. The molecule has 148 valence electrons. The minimum absolute atomic E-state index is 0.0619. The highest BCUT2D eigenvalue weighted by Gasteiger charge is 2.33. The summed E-state index contributed by atoms with van der Waals surface area (Å²) >= 11 is 5.78. The van der Waals surface area contributed by atoms with E-state index in [0.717, 1.165) is 5.69 Å². The van der Waals surface area contributed by atoms with Crippen LogP contribution in [0.5, 0.6) is 5.75 Å². The molecule has 8 nitrogen and oxygen atoms in total.